The molecule has 0 aliphatic heterocycles. The number of carbonyl (C=O) groups excluding carboxylic acids is 3. The predicted octanol–water partition coefficient (Wildman–Crippen LogP) is 4.43. The van der Waals surface area contributed by atoms with Crippen LogP contribution in [0.25, 0.3) is 0 Å². The number of pyridine rings is 1. The van der Waals surface area contributed by atoms with E-state index in [1.165, 1.54) is 39.3 Å². The number of benzene rings is 1. The van der Waals surface area contributed by atoms with Crippen molar-refractivity contribution >= 4 is 17.7 Å². The Bertz CT molecular complexity index is 1120. The van der Waals surface area contributed by atoms with Crippen LogP contribution in [0, 0.1) is 17.6 Å². The summed E-state index contributed by atoms with van der Waals surface area (Å²) in [6.07, 6.45) is 1.09. The Morgan fingerprint density at radius 2 is 1.86 bits per heavy atom. The highest BCUT2D eigenvalue weighted by molar-refractivity contribution is 5.99. The molecular weight excluding hydrogens is 492 g/mol. The van der Waals surface area contributed by atoms with Crippen molar-refractivity contribution in [2.24, 2.45) is 5.92 Å². The Morgan fingerprint density at radius 3 is 2.49 bits per heavy atom. The van der Waals surface area contributed by atoms with Gasteiger partial charge in [-0.3, -0.25) is 14.4 Å². The number of ketones is 1. The average molecular weight is 522 g/mol. The van der Waals surface area contributed by atoms with Crippen molar-refractivity contribution in [2.45, 2.75) is 45.8 Å². The summed E-state index contributed by atoms with van der Waals surface area (Å²) in [5.41, 5.74) is -0.112. The van der Waals surface area contributed by atoms with Crippen molar-refractivity contribution in [1.82, 2.24) is 4.98 Å². The first kappa shape index (κ1) is 29.2. The third-order valence-corrected chi connectivity index (χ3v) is 5.11. The molecule has 1 heterocycles. The van der Waals surface area contributed by atoms with Crippen LogP contribution in [0.2, 0.25) is 0 Å². The summed E-state index contributed by atoms with van der Waals surface area (Å²) < 4.78 is 53.6. The molecule has 0 bridgehead atoms. The molecule has 2 aromatic rings. The van der Waals surface area contributed by atoms with E-state index in [0.29, 0.717) is 6.07 Å². The lowest BCUT2D eigenvalue weighted by Gasteiger charge is -2.25. The minimum Gasteiger partial charge on any atom is -0.493 e. The Morgan fingerprint density at radius 1 is 1.14 bits per heavy atom. The Hall–Kier alpha value is -4.02. The number of halogens is 2. The van der Waals surface area contributed by atoms with Crippen LogP contribution in [0.15, 0.2) is 43.1 Å². The van der Waals surface area contributed by atoms with Crippen LogP contribution in [0.4, 0.5) is 8.78 Å². The number of ether oxygens (including phenoxy) is 5. The zero-order valence-electron chi connectivity index (χ0n) is 21.0. The zero-order valence-corrected chi connectivity index (χ0v) is 21.0. The minimum absolute atomic E-state index is 0.0362. The van der Waals surface area contributed by atoms with Gasteiger partial charge in [0.1, 0.15) is 18.0 Å². The summed E-state index contributed by atoms with van der Waals surface area (Å²) >= 11 is 0. The zero-order chi connectivity index (χ0) is 27.5. The first-order valence-electron chi connectivity index (χ1n) is 11.3. The number of Topliss-reactive ketones (excluding diaryl/α,β-unsaturated/α-hetero) is 1. The van der Waals surface area contributed by atoms with E-state index in [4.69, 9.17) is 23.7 Å². The first-order chi connectivity index (χ1) is 17.6. The van der Waals surface area contributed by atoms with Crippen molar-refractivity contribution in [3.63, 3.8) is 0 Å². The maximum absolute atomic E-state index is 14.0. The van der Waals surface area contributed by atoms with Crippen molar-refractivity contribution in [2.75, 3.05) is 13.9 Å². The molecule has 37 heavy (non-hydrogen) atoms. The Balaban J connectivity index is 2.08. The number of nitrogens with zero attached hydrogens (tertiary/aromatic N) is 1. The van der Waals surface area contributed by atoms with E-state index in [1.807, 2.05) is 0 Å². The molecule has 3 atom stereocenters. The third kappa shape index (κ3) is 8.55. The minimum atomic E-state index is -0.899. The standard InChI is InChI=1S/C26H29F2NO8/c1-6-7-21(37-22-9-8-18(27)13-19(22)28)16(3)36-26(32)15(2)12-20(31)24-25(35-14-34-17(4)30)23(33-5)10-11-29-24/h6,8-11,13,15-16,21H,1,7,12,14H2,2-5H3/t15-,16+,21-/m1/s1. The molecule has 0 aliphatic carbocycles. The van der Waals surface area contributed by atoms with Crippen LogP contribution < -0.4 is 14.2 Å². The summed E-state index contributed by atoms with van der Waals surface area (Å²) in [5.74, 6) is -4.43. The van der Waals surface area contributed by atoms with Crippen LogP contribution in [0.1, 0.15) is 44.1 Å². The van der Waals surface area contributed by atoms with Crippen LogP contribution >= 0.6 is 0 Å². The van der Waals surface area contributed by atoms with Crippen LogP contribution in [-0.4, -0.2) is 48.8 Å². The second-order valence-corrected chi connectivity index (χ2v) is 8.01. The molecule has 0 saturated carbocycles. The van der Waals surface area contributed by atoms with E-state index >= 15 is 0 Å². The number of hydrogen-bond donors (Lipinski definition) is 0. The predicted molar refractivity (Wildman–Crippen MR) is 127 cm³/mol. The summed E-state index contributed by atoms with van der Waals surface area (Å²) in [5, 5.41) is 0. The molecular formula is C26H29F2NO8. The number of methoxy groups -OCH3 is 1. The van der Waals surface area contributed by atoms with E-state index in [1.54, 1.807) is 6.92 Å². The molecule has 0 spiro atoms. The second-order valence-electron chi connectivity index (χ2n) is 8.01. The van der Waals surface area contributed by atoms with Gasteiger partial charge in [-0.2, -0.15) is 0 Å². The Labute approximate surface area is 213 Å². The molecule has 0 saturated heterocycles. The third-order valence-electron chi connectivity index (χ3n) is 5.11. The van der Waals surface area contributed by atoms with Gasteiger partial charge < -0.3 is 23.7 Å². The highest BCUT2D eigenvalue weighted by Gasteiger charge is 2.28. The number of esters is 2. The van der Waals surface area contributed by atoms with Crippen LogP contribution in [0.5, 0.6) is 17.2 Å². The van der Waals surface area contributed by atoms with Gasteiger partial charge in [-0.05, 0) is 19.1 Å². The molecule has 0 radical (unpaired) electrons. The second kappa shape index (κ2) is 13.9. The van der Waals surface area contributed by atoms with E-state index in [-0.39, 0.29) is 35.8 Å². The molecule has 0 amide bonds. The largest absolute Gasteiger partial charge is 0.493 e. The molecule has 0 unspecified atom stereocenters. The lowest BCUT2D eigenvalue weighted by molar-refractivity contribution is -0.157. The number of hydrogen-bond acceptors (Lipinski definition) is 9. The molecule has 1 aromatic carbocycles. The van der Waals surface area contributed by atoms with Gasteiger partial charge >= 0.3 is 11.9 Å². The normalized spacial score (nSPS) is 13.0. The lowest BCUT2D eigenvalue weighted by atomic mass is 10.0. The number of rotatable bonds is 14. The van der Waals surface area contributed by atoms with Gasteiger partial charge in [0, 0.05) is 38.1 Å². The first-order valence-corrected chi connectivity index (χ1v) is 11.3. The average Bonchev–Trinajstić information content (AvgIpc) is 2.84. The molecule has 9 nitrogen and oxygen atoms in total. The molecule has 2 rings (SSSR count). The van der Waals surface area contributed by atoms with Gasteiger partial charge in [-0.25, -0.2) is 13.8 Å². The van der Waals surface area contributed by atoms with Crippen LogP contribution in [0.3, 0.4) is 0 Å². The highest BCUT2D eigenvalue weighted by atomic mass is 19.1. The summed E-state index contributed by atoms with van der Waals surface area (Å²) in [6, 6.07) is 4.33. The van der Waals surface area contributed by atoms with E-state index in [9.17, 15) is 23.2 Å². The van der Waals surface area contributed by atoms with Gasteiger partial charge in [0.2, 0.25) is 6.79 Å². The van der Waals surface area contributed by atoms with Gasteiger partial charge in [-0.15, -0.1) is 6.58 Å². The monoisotopic (exact) mass is 521 g/mol. The molecule has 0 aliphatic rings. The van der Waals surface area contributed by atoms with Crippen molar-refractivity contribution < 1.29 is 46.8 Å². The maximum atomic E-state index is 14.0. The van der Waals surface area contributed by atoms with E-state index in [0.717, 1.165) is 12.1 Å². The fourth-order valence-corrected chi connectivity index (χ4v) is 3.17. The van der Waals surface area contributed by atoms with Crippen molar-refractivity contribution in [3.8, 4) is 17.2 Å². The number of aromatic nitrogens is 1. The van der Waals surface area contributed by atoms with Gasteiger partial charge in [0.15, 0.2) is 34.5 Å². The molecule has 200 valence electrons. The molecule has 0 N–H and O–H groups in total. The fraction of sp³-hybridized carbons (Fsp3) is 0.385. The molecule has 11 heteroatoms. The summed E-state index contributed by atoms with van der Waals surface area (Å²) in [4.78, 5) is 40.7. The van der Waals surface area contributed by atoms with Gasteiger partial charge in [0.05, 0.1) is 13.0 Å². The lowest BCUT2D eigenvalue weighted by Crippen LogP contribution is -2.35. The quantitative estimate of drug-likeness (QED) is 0.154. The fourth-order valence-electron chi connectivity index (χ4n) is 3.17. The number of carbonyl (C=O) groups is 3. The van der Waals surface area contributed by atoms with E-state index in [2.05, 4.69) is 11.6 Å². The van der Waals surface area contributed by atoms with Crippen LogP contribution in [-0.2, 0) is 19.1 Å². The topological polar surface area (TPSA) is 110 Å². The molecule has 1 aromatic heterocycles. The smallest absolute Gasteiger partial charge is 0.309 e. The van der Waals surface area contributed by atoms with Gasteiger partial charge in [-0.1, -0.05) is 13.0 Å². The van der Waals surface area contributed by atoms with E-state index < -0.39 is 54.3 Å². The Kier molecular flexibility index (Phi) is 11.0. The SMILES string of the molecule is C=CC[C@@H](Oc1ccc(F)cc1F)[C@H](C)OC(=O)[C@H](C)CC(=O)c1nccc(OC)c1OCOC(C)=O. The van der Waals surface area contributed by atoms with Crippen molar-refractivity contribution in [3.05, 3.63) is 60.4 Å². The van der Waals surface area contributed by atoms with Crippen molar-refractivity contribution in [1.29, 1.82) is 0 Å². The molecule has 0 fully saturated rings. The summed E-state index contributed by atoms with van der Waals surface area (Å²) in [7, 11) is 1.36. The maximum Gasteiger partial charge on any atom is 0.309 e. The summed E-state index contributed by atoms with van der Waals surface area (Å²) in [6.45, 7) is 7.40. The highest BCUT2D eigenvalue weighted by Crippen LogP contribution is 2.31. The van der Waals surface area contributed by atoms with Gasteiger partial charge in [0.25, 0.3) is 0 Å².